The minimum absolute atomic E-state index is 0.0289. The van der Waals surface area contributed by atoms with Crippen LogP contribution in [0.25, 0.3) is 11.1 Å². The quantitative estimate of drug-likeness (QED) is 0.623. The molecule has 30 heavy (non-hydrogen) atoms. The van der Waals surface area contributed by atoms with Crippen LogP contribution in [0.2, 0.25) is 0 Å². The van der Waals surface area contributed by atoms with E-state index in [4.69, 9.17) is 4.74 Å². The van der Waals surface area contributed by atoms with Crippen molar-refractivity contribution in [3.8, 4) is 16.9 Å². The lowest BCUT2D eigenvalue weighted by Gasteiger charge is -2.12. The maximum absolute atomic E-state index is 13.3. The Morgan fingerprint density at radius 2 is 1.90 bits per heavy atom. The van der Waals surface area contributed by atoms with Gasteiger partial charge in [-0.3, -0.25) is 9.59 Å². The Morgan fingerprint density at radius 3 is 2.70 bits per heavy atom. The van der Waals surface area contributed by atoms with E-state index in [2.05, 4.69) is 5.32 Å². The summed E-state index contributed by atoms with van der Waals surface area (Å²) in [5, 5.41) is 2.87. The molecule has 0 radical (unpaired) electrons. The number of nitrogens with one attached hydrogen (secondary N) is 1. The molecule has 4 rings (SSSR count). The third-order valence-electron chi connectivity index (χ3n) is 5.20. The fourth-order valence-corrected chi connectivity index (χ4v) is 3.77. The van der Waals surface area contributed by atoms with Crippen LogP contribution in [-0.2, 0) is 17.6 Å². The van der Waals surface area contributed by atoms with Crippen LogP contribution >= 0.6 is 0 Å². The van der Waals surface area contributed by atoms with Crippen molar-refractivity contribution in [3.63, 3.8) is 0 Å². The van der Waals surface area contributed by atoms with Crippen LogP contribution in [-0.4, -0.2) is 24.3 Å². The maximum atomic E-state index is 13.3. The van der Waals surface area contributed by atoms with E-state index in [1.54, 1.807) is 19.1 Å². The summed E-state index contributed by atoms with van der Waals surface area (Å²) in [5.41, 5.74) is 4.25. The van der Waals surface area contributed by atoms with Gasteiger partial charge in [-0.05, 0) is 53.4 Å². The molecule has 1 amide bonds. The van der Waals surface area contributed by atoms with Crippen LogP contribution in [0.4, 0.5) is 4.39 Å². The molecule has 1 atom stereocenters. The highest BCUT2D eigenvalue weighted by molar-refractivity contribution is 6.00. The predicted octanol–water partition coefficient (Wildman–Crippen LogP) is 4.36. The molecule has 0 fully saturated rings. The van der Waals surface area contributed by atoms with E-state index in [1.165, 1.54) is 12.1 Å². The van der Waals surface area contributed by atoms with Gasteiger partial charge >= 0.3 is 0 Å². The van der Waals surface area contributed by atoms with Gasteiger partial charge < -0.3 is 10.1 Å². The van der Waals surface area contributed by atoms with Gasteiger partial charge in [-0.15, -0.1) is 0 Å². The Morgan fingerprint density at radius 1 is 1.07 bits per heavy atom. The summed E-state index contributed by atoms with van der Waals surface area (Å²) in [6.45, 7) is 1.94. The average Bonchev–Trinajstić information content (AvgIpc) is 3.14. The lowest BCUT2D eigenvalue weighted by atomic mass is 9.95. The second-order valence-electron chi connectivity index (χ2n) is 7.48. The predicted molar refractivity (Wildman–Crippen MR) is 113 cm³/mol. The summed E-state index contributed by atoms with van der Waals surface area (Å²) < 4.78 is 19.2. The Bertz CT molecular complexity index is 1110. The van der Waals surface area contributed by atoms with Crippen LogP contribution in [0.3, 0.4) is 0 Å². The van der Waals surface area contributed by atoms with Gasteiger partial charge in [0, 0.05) is 12.0 Å². The summed E-state index contributed by atoms with van der Waals surface area (Å²) in [5.74, 6) is 0.304. The van der Waals surface area contributed by atoms with E-state index in [9.17, 15) is 14.0 Å². The SMILES string of the molecule is CC(=O)c1ccccc1-c1ccc2c(c1)C[C@@H](CNC(=O)Cc1cccc(F)c1)O2. The molecule has 1 aliphatic rings. The molecule has 1 heterocycles. The summed E-state index contributed by atoms with van der Waals surface area (Å²) in [6, 6.07) is 19.5. The van der Waals surface area contributed by atoms with Crippen LogP contribution in [0, 0.1) is 5.82 Å². The first-order chi connectivity index (χ1) is 14.5. The van der Waals surface area contributed by atoms with E-state index in [0.29, 0.717) is 24.1 Å². The van der Waals surface area contributed by atoms with E-state index in [1.807, 2.05) is 42.5 Å². The number of carbonyl (C=O) groups excluding carboxylic acids is 2. The maximum Gasteiger partial charge on any atom is 0.224 e. The van der Waals surface area contributed by atoms with Crippen molar-refractivity contribution in [2.24, 2.45) is 0 Å². The van der Waals surface area contributed by atoms with Crippen molar-refractivity contribution in [3.05, 3.63) is 89.2 Å². The van der Waals surface area contributed by atoms with Crippen molar-refractivity contribution in [1.29, 1.82) is 0 Å². The second kappa shape index (κ2) is 8.49. The Labute approximate surface area is 174 Å². The molecular formula is C25H22FNO3. The molecule has 0 aromatic heterocycles. The first kappa shape index (κ1) is 19.8. The molecule has 0 saturated heterocycles. The molecule has 152 valence electrons. The van der Waals surface area contributed by atoms with Crippen LogP contribution in [0.5, 0.6) is 5.75 Å². The molecule has 4 nitrogen and oxygen atoms in total. The van der Waals surface area contributed by atoms with Gasteiger partial charge in [-0.1, -0.05) is 42.5 Å². The smallest absolute Gasteiger partial charge is 0.224 e. The molecule has 0 unspecified atom stereocenters. The monoisotopic (exact) mass is 403 g/mol. The van der Waals surface area contributed by atoms with Gasteiger partial charge in [-0.25, -0.2) is 4.39 Å². The van der Waals surface area contributed by atoms with Crippen LogP contribution in [0.1, 0.15) is 28.4 Å². The van der Waals surface area contributed by atoms with Gasteiger partial charge in [0.15, 0.2) is 5.78 Å². The van der Waals surface area contributed by atoms with Gasteiger partial charge in [-0.2, -0.15) is 0 Å². The molecular weight excluding hydrogens is 381 g/mol. The third-order valence-corrected chi connectivity index (χ3v) is 5.20. The van der Waals surface area contributed by atoms with Crippen LogP contribution < -0.4 is 10.1 Å². The van der Waals surface area contributed by atoms with Gasteiger partial charge in [0.2, 0.25) is 5.91 Å². The minimum atomic E-state index is -0.350. The van der Waals surface area contributed by atoms with Gasteiger partial charge in [0.1, 0.15) is 17.7 Å². The summed E-state index contributed by atoms with van der Waals surface area (Å²) >= 11 is 0. The number of hydrogen-bond donors (Lipinski definition) is 1. The zero-order valence-electron chi connectivity index (χ0n) is 16.7. The molecule has 5 heteroatoms. The number of fused-ring (bicyclic) bond motifs is 1. The Hall–Kier alpha value is -3.47. The summed E-state index contributed by atoms with van der Waals surface area (Å²) in [4.78, 5) is 24.1. The van der Waals surface area contributed by atoms with Gasteiger partial charge in [0.25, 0.3) is 0 Å². The number of carbonyl (C=O) groups is 2. The van der Waals surface area contributed by atoms with Crippen LogP contribution in [0.15, 0.2) is 66.7 Å². The molecule has 1 N–H and O–H groups in total. The van der Waals surface area contributed by atoms with Crippen molar-refractivity contribution < 1.29 is 18.7 Å². The fraction of sp³-hybridized carbons (Fsp3) is 0.200. The standard InChI is InChI=1S/C25H22FNO3/c1-16(28)22-7-2-3-8-23(22)18-9-10-24-19(13-18)14-21(30-24)15-27-25(29)12-17-5-4-6-20(26)11-17/h2-11,13,21H,12,14-15H2,1H3,(H,27,29)/t21-/m0/s1. The topological polar surface area (TPSA) is 55.4 Å². The first-order valence-corrected chi connectivity index (χ1v) is 9.90. The largest absolute Gasteiger partial charge is 0.488 e. The summed E-state index contributed by atoms with van der Waals surface area (Å²) in [7, 11) is 0. The molecule has 0 saturated carbocycles. The number of ketones is 1. The fourth-order valence-electron chi connectivity index (χ4n) is 3.77. The highest BCUT2D eigenvalue weighted by Crippen LogP contribution is 2.34. The van der Waals surface area contributed by atoms with Crippen molar-refractivity contribution in [2.45, 2.75) is 25.9 Å². The number of hydrogen-bond acceptors (Lipinski definition) is 3. The van der Waals surface area contributed by atoms with Crippen molar-refractivity contribution >= 4 is 11.7 Å². The van der Waals surface area contributed by atoms with E-state index in [0.717, 1.165) is 22.4 Å². The molecule has 0 spiro atoms. The van der Waals surface area contributed by atoms with E-state index < -0.39 is 0 Å². The lowest BCUT2D eigenvalue weighted by Crippen LogP contribution is -2.35. The minimum Gasteiger partial charge on any atom is -0.488 e. The second-order valence-corrected chi connectivity index (χ2v) is 7.48. The number of Topliss-reactive ketones (excluding diaryl/α,β-unsaturated/α-hetero) is 1. The number of benzene rings is 3. The molecule has 0 bridgehead atoms. The number of amides is 1. The lowest BCUT2D eigenvalue weighted by molar-refractivity contribution is -0.120. The van der Waals surface area contributed by atoms with E-state index >= 15 is 0 Å². The number of rotatable bonds is 6. The molecule has 0 aliphatic carbocycles. The zero-order valence-corrected chi connectivity index (χ0v) is 16.7. The average molecular weight is 403 g/mol. The van der Waals surface area contributed by atoms with Gasteiger partial charge in [0.05, 0.1) is 13.0 Å². The Kier molecular flexibility index (Phi) is 5.61. The number of halogens is 1. The zero-order chi connectivity index (χ0) is 21.1. The highest BCUT2D eigenvalue weighted by atomic mass is 19.1. The normalized spacial score (nSPS) is 14.7. The highest BCUT2D eigenvalue weighted by Gasteiger charge is 2.24. The van der Waals surface area contributed by atoms with Crippen molar-refractivity contribution in [2.75, 3.05) is 6.54 Å². The number of ether oxygens (including phenoxy) is 1. The third kappa shape index (κ3) is 4.40. The molecule has 3 aromatic carbocycles. The first-order valence-electron chi connectivity index (χ1n) is 9.90. The molecule has 3 aromatic rings. The summed E-state index contributed by atoms with van der Waals surface area (Å²) in [6.07, 6.45) is 0.643. The Balaban J connectivity index is 1.39. The molecule has 1 aliphatic heterocycles. The van der Waals surface area contributed by atoms with Crippen molar-refractivity contribution in [1.82, 2.24) is 5.32 Å². The van der Waals surface area contributed by atoms with E-state index in [-0.39, 0.29) is 30.0 Å².